The maximum absolute atomic E-state index is 8.89. The fraction of sp³-hybridized carbons (Fsp3) is 0.222. The summed E-state index contributed by atoms with van der Waals surface area (Å²) in [6, 6.07) is 0. The average Bonchev–Trinajstić information content (AvgIpc) is 2.11. The molecule has 0 spiro atoms. The van der Waals surface area contributed by atoms with Crippen molar-refractivity contribution >= 4 is 5.97 Å². The molecule has 2 nitrogen and oxygen atoms in total. The number of rotatable bonds is 0. The molecule has 0 N–H and O–H groups in total. The summed E-state index contributed by atoms with van der Waals surface area (Å²) in [6.07, 6.45) is 10.0. The predicted molar refractivity (Wildman–Crippen MR) is 45.1 cm³/mol. The molecule has 0 heterocycles. The molecular weight excluding hydrogens is 250 g/mol. The fourth-order valence-corrected chi connectivity index (χ4v) is 0.340. The average molecular weight is 264 g/mol. The zero-order valence-corrected chi connectivity index (χ0v) is 10.4. The monoisotopic (exact) mass is 264 g/mol. The molecule has 4 heteroatoms. The van der Waals surface area contributed by atoms with Crippen molar-refractivity contribution in [1.29, 1.82) is 0 Å². The second-order valence-corrected chi connectivity index (χ2v) is 1.49. The first kappa shape index (κ1) is 29.3. The zero-order valence-electron chi connectivity index (χ0n) is 8.01. The van der Waals surface area contributed by atoms with E-state index in [0.29, 0.717) is 0 Å². The minimum atomic E-state index is -1.08. The van der Waals surface area contributed by atoms with Crippen molar-refractivity contribution < 1.29 is 44.0 Å². The molecule has 0 aromatic carbocycles. The Morgan fingerprint density at radius 3 is 1.85 bits per heavy atom. The summed E-state index contributed by atoms with van der Waals surface area (Å²) in [4.78, 5) is 8.89. The smallest absolute Gasteiger partial charge is 0.550 e. The topological polar surface area (TPSA) is 40.1 Å². The summed E-state index contributed by atoms with van der Waals surface area (Å²) in [5, 5.41) is 8.89. The third-order valence-corrected chi connectivity index (χ3v) is 0.586. The van der Waals surface area contributed by atoms with E-state index in [-0.39, 0.29) is 49.0 Å². The normalized spacial score (nSPS) is 8.69. The van der Waals surface area contributed by atoms with Crippen molar-refractivity contribution in [3.63, 3.8) is 0 Å². The van der Waals surface area contributed by atoms with Crippen LogP contribution in [0.15, 0.2) is 18.2 Å². The molecule has 0 atom stereocenters. The Kier molecular flexibility index (Phi) is 51.0. The third kappa shape index (κ3) is 48.1. The van der Waals surface area contributed by atoms with Crippen LogP contribution < -0.4 is 5.11 Å². The Morgan fingerprint density at radius 1 is 1.38 bits per heavy atom. The van der Waals surface area contributed by atoms with E-state index in [1.165, 1.54) is 0 Å². The van der Waals surface area contributed by atoms with Crippen LogP contribution in [-0.2, 0) is 38.9 Å². The van der Waals surface area contributed by atoms with Crippen LogP contribution in [0.25, 0.3) is 0 Å². The molecule has 1 aliphatic rings. The minimum Gasteiger partial charge on any atom is -0.550 e. The Labute approximate surface area is 102 Å². The van der Waals surface area contributed by atoms with Crippen LogP contribution in [0.4, 0.5) is 0 Å². The maximum atomic E-state index is 8.89. The van der Waals surface area contributed by atoms with Gasteiger partial charge >= 0.3 is 34.1 Å². The second kappa shape index (κ2) is 22.7. The van der Waals surface area contributed by atoms with Gasteiger partial charge in [-0.1, -0.05) is 0 Å². The predicted octanol–water partition coefficient (Wildman–Crippen LogP) is 0.957. The number of carbonyl (C=O) groups is 1. The van der Waals surface area contributed by atoms with E-state index in [1.807, 2.05) is 12.2 Å². The van der Waals surface area contributed by atoms with E-state index < -0.39 is 5.97 Å². The van der Waals surface area contributed by atoms with Gasteiger partial charge in [0.25, 0.3) is 0 Å². The van der Waals surface area contributed by atoms with Gasteiger partial charge in [0.2, 0.25) is 0 Å². The molecule has 0 unspecified atom stereocenters. The number of hydrogen-bond acceptors (Lipinski definition) is 2. The van der Waals surface area contributed by atoms with Crippen molar-refractivity contribution in [2.24, 2.45) is 0 Å². The number of carboxylic acid groups (broad SMARTS) is 1. The van der Waals surface area contributed by atoms with Gasteiger partial charge in [0.1, 0.15) is 0 Å². The Morgan fingerprint density at radius 2 is 1.77 bits per heavy atom. The molecule has 1 rings (SSSR count). The largest absolute Gasteiger partial charge is 2.00 e. The van der Waals surface area contributed by atoms with E-state index in [9.17, 15) is 0 Å². The molecule has 1 aliphatic carbocycles. The first-order chi connectivity index (χ1) is 4.23. The van der Waals surface area contributed by atoms with Crippen molar-refractivity contribution in [1.82, 2.24) is 0 Å². The molecule has 0 aromatic rings. The summed E-state index contributed by atoms with van der Waals surface area (Å²) in [6.45, 7) is 0.972. The molecule has 0 aliphatic heterocycles. The Hall–Kier alpha value is -0.0110. The quantitative estimate of drug-likeness (QED) is 0.483. The zero-order chi connectivity index (χ0) is 7.11. The van der Waals surface area contributed by atoms with E-state index in [2.05, 4.69) is 12.2 Å². The van der Waals surface area contributed by atoms with Crippen molar-refractivity contribution in [3.05, 3.63) is 39.2 Å². The van der Waals surface area contributed by atoms with E-state index in [0.717, 1.165) is 13.3 Å². The van der Waals surface area contributed by atoms with Crippen LogP contribution in [0.1, 0.15) is 13.3 Å². The molecule has 0 saturated heterocycles. The first-order valence-electron chi connectivity index (χ1n) is 2.63. The fourth-order valence-electron chi connectivity index (χ4n) is 0.340. The molecule has 0 amide bonds. The molecule has 13 heavy (non-hydrogen) atoms. The summed E-state index contributed by atoms with van der Waals surface area (Å²) < 4.78 is 0. The van der Waals surface area contributed by atoms with Gasteiger partial charge in [-0.2, -0.15) is 6.08 Å². The minimum absolute atomic E-state index is 0. The molecule has 76 valence electrons. The second-order valence-electron chi connectivity index (χ2n) is 1.49. The number of aliphatic carboxylic acids is 1. The summed E-state index contributed by atoms with van der Waals surface area (Å²) in [5.74, 6) is -1.08. The molecular formula is C9H14Mn2O2. The molecule has 2 radical (unpaired) electrons. The van der Waals surface area contributed by atoms with Gasteiger partial charge in [0, 0.05) is 5.97 Å². The van der Waals surface area contributed by atoms with E-state index in [1.54, 1.807) is 0 Å². The van der Waals surface area contributed by atoms with E-state index in [4.69, 9.17) is 9.90 Å². The number of allylic oxidation sites excluding steroid dienone is 4. The van der Waals surface area contributed by atoms with Crippen molar-refractivity contribution in [2.75, 3.05) is 0 Å². The van der Waals surface area contributed by atoms with Crippen LogP contribution >= 0.6 is 0 Å². The van der Waals surface area contributed by atoms with Crippen molar-refractivity contribution in [3.8, 4) is 0 Å². The maximum Gasteiger partial charge on any atom is 2.00 e. The summed E-state index contributed by atoms with van der Waals surface area (Å²) in [5.41, 5.74) is 0. The third-order valence-electron chi connectivity index (χ3n) is 0.586. The molecule has 0 aromatic heterocycles. The van der Waals surface area contributed by atoms with Crippen molar-refractivity contribution in [2.45, 2.75) is 13.3 Å². The summed E-state index contributed by atoms with van der Waals surface area (Å²) >= 11 is 0. The van der Waals surface area contributed by atoms with Crippen LogP contribution in [0.3, 0.4) is 0 Å². The van der Waals surface area contributed by atoms with Gasteiger partial charge in [-0.05, 0) is 6.92 Å². The summed E-state index contributed by atoms with van der Waals surface area (Å²) in [7, 11) is 0. The first-order valence-corrected chi connectivity index (χ1v) is 2.63. The standard InChI is InChI=1S/C5H5.C2H4O2.2CH3.2Mn/c1-2-4-5-3-1;1-2(3)4;;;;/h1-3H,4H2;1H3,(H,3,4);2*1H3;;/q-1;;2*-1;2*+2/p-1. The number of hydrogen-bond donors (Lipinski definition) is 0. The molecule has 0 saturated carbocycles. The van der Waals surface area contributed by atoms with Crippen LogP contribution in [0, 0.1) is 20.9 Å². The number of carbonyl (C=O) groups excluding carboxylic acids is 1. The van der Waals surface area contributed by atoms with Crippen LogP contribution in [-0.4, -0.2) is 5.97 Å². The van der Waals surface area contributed by atoms with Gasteiger partial charge in [-0.25, -0.2) is 12.2 Å². The van der Waals surface area contributed by atoms with Crippen LogP contribution in [0.2, 0.25) is 0 Å². The Balaban J connectivity index is -0.0000000256. The molecule has 0 bridgehead atoms. The van der Waals surface area contributed by atoms with Gasteiger partial charge in [0.05, 0.1) is 0 Å². The molecule has 0 fully saturated rings. The van der Waals surface area contributed by atoms with Crippen LogP contribution in [0.5, 0.6) is 0 Å². The van der Waals surface area contributed by atoms with Gasteiger partial charge in [-0.15, -0.1) is 6.42 Å². The van der Waals surface area contributed by atoms with Gasteiger partial charge < -0.3 is 24.8 Å². The van der Waals surface area contributed by atoms with Gasteiger partial charge in [-0.3, -0.25) is 6.08 Å². The Bertz CT molecular complexity index is 129. The number of carboxylic acids is 1. The van der Waals surface area contributed by atoms with E-state index >= 15 is 0 Å². The SMILES string of the molecule is CC(=O)[O-].[C-]1=CC=CC1.[CH3-].[CH3-].[Mn+2].[Mn+2]. The van der Waals surface area contributed by atoms with Gasteiger partial charge in [0.15, 0.2) is 0 Å².